The van der Waals surface area contributed by atoms with Crippen LogP contribution in [0.25, 0.3) is 11.6 Å². The van der Waals surface area contributed by atoms with Crippen LogP contribution in [0.1, 0.15) is 16.8 Å². The molecular weight excluding hydrogens is 222 g/mol. The fourth-order valence-electron chi connectivity index (χ4n) is 1.68. The summed E-state index contributed by atoms with van der Waals surface area (Å²) in [5.74, 6) is 0. The molecule has 0 aliphatic carbocycles. The Morgan fingerprint density at radius 3 is 2.39 bits per heavy atom. The first-order valence-electron chi connectivity index (χ1n) is 5.48. The standard InChI is InChI=1S/C15H11N3/c1-18-8-2-3-15(18)9-14(11-17)13-6-4-12(10-16)5-7-13/h2-9H,1H3/b14-9+. The van der Waals surface area contributed by atoms with E-state index in [1.165, 1.54) is 0 Å². The van der Waals surface area contributed by atoms with Crippen molar-refractivity contribution in [1.29, 1.82) is 10.5 Å². The van der Waals surface area contributed by atoms with Gasteiger partial charge in [-0.2, -0.15) is 10.5 Å². The number of benzene rings is 1. The lowest BCUT2D eigenvalue weighted by molar-refractivity contribution is 0.915. The summed E-state index contributed by atoms with van der Waals surface area (Å²) in [5.41, 5.74) is 2.96. The second-order valence-electron chi connectivity index (χ2n) is 3.90. The van der Waals surface area contributed by atoms with Crippen LogP contribution in [0.4, 0.5) is 0 Å². The maximum atomic E-state index is 9.20. The number of nitriles is 2. The highest BCUT2D eigenvalue weighted by Gasteiger charge is 2.02. The maximum absolute atomic E-state index is 9.20. The molecule has 0 bridgehead atoms. The fraction of sp³-hybridized carbons (Fsp3) is 0.0667. The van der Waals surface area contributed by atoms with Gasteiger partial charge in [0.25, 0.3) is 0 Å². The zero-order valence-corrected chi connectivity index (χ0v) is 9.96. The van der Waals surface area contributed by atoms with E-state index in [2.05, 4.69) is 12.1 Å². The summed E-state index contributed by atoms with van der Waals surface area (Å²) in [6, 6.07) is 15.1. The van der Waals surface area contributed by atoms with Crippen molar-refractivity contribution in [2.24, 2.45) is 7.05 Å². The van der Waals surface area contributed by atoms with Crippen LogP contribution in [0.15, 0.2) is 42.6 Å². The molecule has 1 aromatic carbocycles. The monoisotopic (exact) mass is 233 g/mol. The summed E-state index contributed by atoms with van der Waals surface area (Å²) in [7, 11) is 1.93. The van der Waals surface area contributed by atoms with E-state index in [0.717, 1.165) is 11.3 Å². The van der Waals surface area contributed by atoms with Gasteiger partial charge < -0.3 is 4.57 Å². The smallest absolute Gasteiger partial charge is 0.0998 e. The minimum atomic E-state index is 0.585. The number of hydrogen-bond donors (Lipinski definition) is 0. The molecule has 2 rings (SSSR count). The van der Waals surface area contributed by atoms with Crippen molar-refractivity contribution in [2.75, 3.05) is 0 Å². The average molecular weight is 233 g/mol. The van der Waals surface area contributed by atoms with Crippen LogP contribution >= 0.6 is 0 Å². The number of aromatic nitrogens is 1. The number of rotatable bonds is 2. The molecule has 0 spiro atoms. The summed E-state index contributed by atoms with van der Waals surface area (Å²) in [5, 5.41) is 17.9. The number of hydrogen-bond acceptors (Lipinski definition) is 2. The molecule has 0 fully saturated rings. The number of allylic oxidation sites excluding steroid dienone is 1. The van der Waals surface area contributed by atoms with E-state index in [9.17, 15) is 5.26 Å². The van der Waals surface area contributed by atoms with Gasteiger partial charge in [0.05, 0.1) is 23.3 Å². The van der Waals surface area contributed by atoms with Gasteiger partial charge in [0, 0.05) is 18.9 Å². The summed E-state index contributed by atoms with van der Waals surface area (Å²) >= 11 is 0. The lowest BCUT2D eigenvalue weighted by Gasteiger charge is -2.01. The van der Waals surface area contributed by atoms with Crippen LogP contribution in [0.3, 0.4) is 0 Å². The quantitative estimate of drug-likeness (QED) is 0.749. The van der Waals surface area contributed by atoms with Gasteiger partial charge in [-0.3, -0.25) is 0 Å². The Labute approximate surface area is 106 Å². The highest BCUT2D eigenvalue weighted by Crippen LogP contribution is 2.18. The molecule has 0 aliphatic rings. The largest absolute Gasteiger partial charge is 0.351 e. The lowest BCUT2D eigenvalue weighted by atomic mass is 10.0. The Morgan fingerprint density at radius 2 is 1.89 bits per heavy atom. The van der Waals surface area contributed by atoms with Crippen molar-refractivity contribution in [3.63, 3.8) is 0 Å². The molecule has 0 unspecified atom stereocenters. The lowest BCUT2D eigenvalue weighted by Crippen LogP contribution is -1.89. The Kier molecular flexibility index (Phi) is 3.27. The number of aryl methyl sites for hydroxylation is 1. The van der Waals surface area contributed by atoms with Crippen molar-refractivity contribution >= 4 is 11.6 Å². The summed E-state index contributed by atoms with van der Waals surface area (Å²) in [6.45, 7) is 0. The number of nitrogens with zero attached hydrogens (tertiary/aromatic N) is 3. The molecule has 0 radical (unpaired) electrons. The molecular formula is C15H11N3. The van der Waals surface area contributed by atoms with E-state index in [-0.39, 0.29) is 0 Å². The minimum absolute atomic E-state index is 0.585. The van der Waals surface area contributed by atoms with E-state index in [1.807, 2.05) is 36.0 Å². The third kappa shape index (κ3) is 2.31. The van der Waals surface area contributed by atoms with Crippen LogP contribution in [-0.4, -0.2) is 4.57 Å². The predicted molar refractivity (Wildman–Crippen MR) is 70.1 cm³/mol. The van der Waals surface area contributed by atoms with Gasteiger partial charge in [0.15, 0.2) is 0 Å². The first kappa shape index (κ1) is 11.7. The Balaban J connectivity index is 2.41. The highest BCUT2D eigenvalue weighted by atomic mass is 14.9. The zero-order chi connectivity index (χ0) is 13.0. The van der Waals surface area contributed by atoms with Gasteiger partial charge in [0.1, 0.15) is 0 Å². The first-order chi connectivity index (χ1) is 8.74. The van der Waals surface area contributed by atoms with Crippen molar-refractivity contribution < 1.29 is 0 Å². The van der Waals surface area contributed by atoms with Gasteiger partial charge in [-0.15, -0.1) is 0 Å². The topological polar surface area (TPSA) is 52.5 Å². The molecule has 0 saturated carbocycles. The molecule has 0 saturated heterocycles. The van der Waals surface area contributed by atoms with Crippen LogP contribution in [0.2, 0.25) is 0 Å². The van der Waals surface area contributed by atoms with E-state index < -0.39 is 0 Å². The molecule has 18 heavy (non-hydrogen) atoms. The van der Waals surface area contributed by atoms with E-state index in [4.69, 9.17) is 5.26 Å². The molecule has 0 amide bonds. The Morgan fingerprint density at radius 1 is 1.17 bits per heavy atom. The van der Waals surface area contributed by atoms with Crippen LogP contribution in [0, 0.1) is 22.7 Å². The second kappa shape index (κ2) is 5.03. The van der Waals surface area contributed by atoms with Crippen LogP contribution in [-0.2, 0) is 7.05 Å². The van der Waals surface area contributed by atoms with Gasteiger partial charge in [-0.1, -0.05) is 12.1 Å². The van der Waals surface area contributed by atoms with E-state index in [0.29, 0.717) is 11.1 Å². The van der Waals surface area contributed by atoms with Crippen LogP contribution < -0.4 is 0 Å². The van der Waals surface area contributed by atoms with Crippen molar-refractivity contribution in [3.8, 4) is 12.1 Å². The summed E-state index contributed by atoms with van der Waals surface area (Å²) in [6.07, 6.45) is 3.76. The van der Waals surface area contributed by atoms with E-state index in [1.54, 1.807) is 24.3 Å². The molecule has 86 valence electrons. The second-order valence-corrected chi connectivity index (χ2v) is 3.90. The van der Waals surface area contributed by atoms with Gasteiger partial charge >= 0.3 is 0 Å². The average Bonchev–Trinajstić information content (AvgIpc) is 2.81. The molecule has 0 atom stereocenters. The fourth-order valence-corrected chi connectivity index (χ4v) is 1.68. The third-order valence-electron chi connectivity index (χ3n) is 2.72. The molecule has 0 aliphatic heterocycles. The van der Waals surface area contributed by atoms with Gasteiger partial charge in [-0.05, 0) is 35.9 Å². The SMILES string of the molecule is Cn1cccc1/C=C(\C#N)c1ccc(C#N)cc1. The Hall–Kier alpha value is -2.78. The molecule has 1 aromatic heterocycles. The Bertz CT molecular complexity index is 661. The molecule has 0 N–H and O–H groups in total. The molecule has 1 heterocycles. The van der Waals surface area contributed by atoms with Crippen molar-refractivity contribution in [2.45, 2.75) is 0 Å². The maximum Gasteiger partial charge on any atom is 0.0998 e. The zero-order valence-electron chi connectivity index (χ0n) is 9.96. The highest BCUT2D eigenvalue weighted by molar-refractivity contribution is 5.89. The van der Waals surface area contributed by atoms with Crippen molar-refractivity contribution in [1.82, 2.24) is 4.57 Å². The normalized spacial score (nSPS) is 10.7. The first-order valence-corrected chi connectivity index (χ1v) is 5.48. The van der Waals surface area contributed by atoms with Crippen molar-refractivity contribution in [3.05, 3.63) is 59.4 Å². The van der Waals surface area contributed by atoms with E-state index >= 15 is 0 Å². The summed E-state index contributed by atoms with van der Waals surface area (Å²) in [4.78, 5) is 0. The van der Waals surface area contributed by atoms with Gasteiger partial charge in [0.2, 0.25) is 0 Å². The molecule has 3 nitrogen and oxygen atoms in total. The predicted octanol–water partition coefficient (Wildman–Crippen LogP) is 2.96. The third-order valence-corrected chi connectivity index (χ3v) is 2.72. The molecule has 3 heteroatoms. The summed E-state index contributed by atoms with van der Waals surface area (Å²) < 4.78 is 1.95. The molecule has 2 aromatic rings. The van der Waals surface area contributed by atoms with Crippen LogP contribution in [0.5, 0.6) is 0 Å². The van der Waals surface area contributed by atoms with Gasteiger partial charge in [-0.25, -0.2) is 0 Å². The minimum Gasteiger partial charge on any atom is -0.351 e.